The highest BCUT2D eigenvalue weighted by Crippen LogP contribution is 2.17. The summed E-state index contributed by atoms with van der Waals surface area (Å²) in [7, 11) is 0. The third-order valence-electron chi connectivity index (χ3n) is 1.84. The average Bonchev–Trinajstić information content (AvgIpc) is 2.24. The zero-order chi connectivity index (χ0) is 11.1. The van der Waals surface area contributed by atoms with Crippen molar-refractivity contribution < 1.29 is 4.39 Å². The number of nitrogens with one attached hydrogen (secondary N) is 1. The topological polar surface area (TPSA) is 61.8 Å². The van der Waals surface area contributed by atoms with Crippen LogP contribution in [0.5, 0.6) is 0 Å². The zero-order valence-corrected chi connectivity index (χ0v) is 8.20. The summed E-state index contributed by atoms with van der Waals surface area (Å²) in [5, 5.41) is 11.7. The zero-order valence-electron chi connectivity index (χ0n) is 8.20. The van der Waals surface area contributed by atoms with E-state index in [1.54, 1.807) is 18.2 Å². The van der Waals surface area contributed by atoms with Gasteiger partial charge < -0.3 is 11.1 Å². The molecule has 3 nitrogen and oxygen atoms in total. The standard InChI is InChI=1S/C11H12FN3/c12-10-4-3-5-11(9(10)8-14)15-7-2-1-6-13/h1-5,15H,6-7,13H2/b2-1+. The highest BCUT2D eigenvalue weighted by molar-refractivity contribution is 5.58. The molecule has 0 amide bonds. The van der Waals surface area contributed by atoms with Crippen LogP contribution in [0.1, 0.15) is 5.56 Å². The van der Waals surface area contributed by atoms with Crippen molar-refractivity contribution >= 4 is 5.69 Å². The second-order valence-electron chi connectivity index (χ2n) is 2.86. The first kappa shape index (κ1) is 11.2. The van der Waals surface area contributed by atoms with Gasteiger partial charge in [0.15, 0.2) is 0 Å². The molecule has 0 radical (unpaired) electrons. The molecule has 3 N–H and O–H groups in total. The molecular formula is C11H12FN3. The number of rotatable bonds is 4. The van der Waals surface area contributed by atoms with Crippen molar-refractivity contribution in [3.8, 4) is 6.07 Å². The van der Waals surface area contributed by atoms with Crippen LogP contribution in [0, 0.1) is 17.1 Å². The highest BCUT2D eigenvalue weighted by atomic mass is 19.1. The van der Waals surface area contributed by atoms with Gasteiger partial charge in [0.2, 0.25) is 0 Å². The maximum atomic E-state index is 13.1. The summed E-state index contributed by atoms with van der Waals surface area (Å²) >= 11 is 0. The van der Waals surface area contributed by atoms with E-state index >= 15 is 0 Å². The van der Waals surface area contributed by atoms with Crippen molar-refractivity contribution in [2.75, 3.05) is 18.4 Å². The molecule has 0 bridgehead atoms. The summed E-state index contributed by atoms with van der Waals surface area (Å²) in [5.74, 6) is -0.509. The van der Waals surface area contributed by atoms with Gasteiger partial charge in [-0.25, -0.2) is 4.39 Å². The minimum absolute atomic E-state index is 0.0404. The van der Waals surface area contributed by atoms with E-state index < -0.39 is 5.82 Å². The van der Waals surface area contributed by atoms with Crippen LogP contribution in [0.4, 0.5) is 10.1 Å². The van der Waals surface area contributed by atoms with Gasteiger partial charge in [-0.05, 0) is 12.1 Å². The average molecular weight is 205 g/mol. The maximum Gasteiger partial charge on any atom is 0.143 e. The largest absolute Gasteiger partial charge is 0.380 e. The quantitative estimate of drug-likeness (QED) is 0.734. The molecule has 15 heavy (non-hydrogen) atoms. The first-order chi connectivity index (χ1) is 7.29. The van der Waals surface area contributed by atoms with Gasteiger partial charge >= 0.3 is 0 Å². The summed E-state index contributed by atoms with van der Waals surface area (Å²) < 4.78 is 13.1. The Morgan fingerprint density at radius 1 is 1.47 bits per heavy atom. The SMILES string of the molecule is N#Cc1c(F)cccc1NC/C=C/CN. The lowest BCUT2D eigenvalue weighted by atomic mass is 10.2. The molecule has 1 rings (SSSR count). The first-order valence-electron chi connectivity index (χ1n) is 4.57. The minimum atomic E-state index is -0.509. The van der Waals surface area contributed by atoms with E-state index in [1.807, 2.05) is 12.1 Å². The summed E-state index contributed by atoms with van der Waals surface area (Å²) in [5.41, 5.74) is 5.80. The van der Waals surface area contributed by atoms with Gasteiger partial charge in [0, 0.05) is 13.1 Å². The lowest BCUT2D eigenvalue weighted by molar-refractivity contribution is 0.624. The minimum Gasteiger partial charge on any atom is -0.380 e. The molecule has 0 heterocycles. The van der Waals surface area contributed by atoms with Crippen LogP contribution < -0.4 is 11.1 Å². The fraction of sp³-hybridized carbons (Fsp3) is 0.182. The summed E-state index contributed by atoms with van der Waals surface area (Å²) in [6.45, 7) is 0.991. The number of hydrogen-bond acceptors (Lipinski definition) is 3. The van der Waals surface area contributed by atoms with E-state index in [0.717, 1.165) is 0 Å². The molecule has 78 valence electrons. The number of hydrogen-bond donors (Lipinski definition) is 2. The molecule has 0 aliphatic rings. The molecule has 0 atom stereocenters. The smallest absolute Gasteiger partial charge is 0.143 e. The van der Waals surface area contributed by atoms with Crippen molar-refractivity contribution in [1.29, 1.82) is 5.26 Å². The Bertz CT molecular complexity index is 393. The number of benzene rings is 1. The molecule has 4 heteroatoms. The van der Waals surface area contributed by atoms with Crippen LogP contribution in [0.15, 0.2) is 30.4 Å². The van der Waals surface area contributed by atoms with Crippen LogP contribution in [0.25, 0.3) is 0 Å². The fourth-order valence-electron chi connectivity index (χ4n) is 1.13. The van der Waals surface area contributed by atoms with E-state index in [2.05, 4.69) is 5.32 Å². The molecule has 0 saturated carbocycles. The van der Waals surface area contributed by atoms with Crippen LogP contribution in [0.2, 0.25) is 0 Å². The molecule has 1 aromatic carbocycles. The monoisotopic (exact) mass is 205 g/mol. The molecule has 0 aromatic heterocycles. The van der Waals surface area contributed by atoms with E-state index in [-0.39, 0.29) is 5.56 Å². The molecule has 0 spiro atoms. The Hall–Kier alpha value is -1.86. The van der Waals surface area contributed by atoms with Crippen LogP contribution >= 0.6 is 0 Å². The van der Waals surface area contributed by atoms with Gasteiger partial charge in [-0.1, -0.05) is 18.2 Å². The number of nitrogens with two attached hydrogens (primary N) is 1. The predicted molar refractivity (Wildman–Crippen MR) is 57.8 cm³/mol. The Morgan fingerprint density at radius 2 is 2.27 bits per heavy atom. The second kappa shape index (κ2) is 5.78. The van der Waals surface area contributed by atoms with Crippen LogP contribution in [0.3, 0.4) is 0 Å². The Kier molecular flexibility index (Phi) is 4.32. The van der Waals surface area contributed by atoms with E-state index in [9.17, 15) is 4.39 Å². The van der Waals surface area contributed by atoms with Gasteiger partial charge in [0.25, 0.3) is 0 Å². The summed E-state index contributed by atoms with van der Waals surface area (Å²) in [4.78, 5) is 0. The lowest BCUT2D eigenvalue weighted by Crippen LogP contribution is -2.02. The van der Waals surface area contributed by atoms with Crippen molar-refractivity contribution in [3.05, 3.63) is 41.7 Å². The van der Waals surface area contributed by atoms with Gasteiger partial charge in [-0.2, -0.15) is 5.26 Å². The maximum absolute atomic E-state index is 13.1. The Labute approximate surface area is 88.0 Å². The molecule has 0 unspecified atom stereocenters. The first-order valence-corrected chi connectivity index (χ1v) is 4.57. The molecule has 0 fully saturated rings. The third kappa shape index (κ3) is 3.08. The van der Waals surface area contributed by atoms with E-state index in [1.165, 1.54) is 6.07 Å². The van der Waals surface area contributed by atoms with Gasteiger partial charge in [0.05, 0.1) is 5.69 Å². The molecule has 0 saturated heterocycles. The molecular weight excluding hydrogens is 193 g/mol. The van der Waals surface area contributed by atoms with Crippen molar-refractivity contribution in [2.24, 2.45) is 5.73 Å². The molecule has 0 aliphatic carbocycles. The second-order valence-corrected chi connectivity index (χ2v) is 2.86. The van der Waals surface area contributed by atoms with Crippen molar-refractivity contribution in [1.82, 2.24) is 0 Å². The van der Waals surface area contributed by atoms with Crippen molar-refractivity contribution in [3.63, 3.8) is 0 Å². The fourth-order valence-corrected chi connectivity index (χ4v) is 1.13. The van der Waals surface area contributed by atoms with Gasteiger partial charge in [-0.15, -0.1) is 0 Å². The number of halogens is 1. The Morgan fingerprint density at radius 3 is 2.93 bits per heavy atom. The van der Waals surface area contributed by atoms with E-state index in [0.29, 0.717) is 18.8 Å². The summed E-state index contributed by atoms with van der Waals surface area (Å²) in [6, 6.07) is 6.31. The van der Waals surface area contributed by atoms with Crippen molar-refractivity contribution in [2.45, 2.75) is 0 Å². The lowest BCUT2D eigenvalue weighted by Gasteiger charge is -2.05. The van der Waals surface area contributed by atoms with Gasteiger partial charge in [-0.3, -0.25) is 0 Å². The van der Waals surface area contributed by atoms with E-state index in [4.69, 9.17) is 11.0 Å². The third-order valence-corrected chi connectivity index (χ3v) is 1.84. The van der Waals surface area contributed by atoms with Crippen LogP contribution in [-0.2, 0) is 0 Å². The predicted octanol–water partition coefficient (Wildman–Crippen LogP) is 1.62. The van der Waals surface area contributed by atoms with Crippen LogP contribution in [-0.4, -0.2) is 13.1 Å². The molecule has 0 aliphatic heterocycles. The molecule has 1 aromatic rings. The normalized spacial score (nSPS) is 10.2. The Balaban J connectivity index is 2.73. The highest BCUT2D eigenvalue weighted by Gasteiger charge is 2.05. The number of nitriles is 1. The van der Waals surface area contributed by atoms with Gasteiger partial charge in [0.1, 0.15) is 17.4 Å². The summed E-state index contributed by atoms with van der Waals surface area (Å²) in [6.07, 6.45) is 3.62. The number of anilines is 1. The number of nitrogens with zero attached hydrogens (tertiary/aromatic N) is 1.